The Kier molecular flexibility index (Phi) is 6.75. The molecule has 5 rings (SSSR count). The number of hydrogen-bond donors (Lipinski definition) is 1. The van der Waals surface area contributed by atoms with E-state index in [1.165, 1.54) is 21.7 Å². The van der Waals surface area contributed by atoms with Crippen molar-refractivity contribution in [3.05, 3.63) is 81.1 Å². The molecule has 34 heavy (non-hydrogen) atoms. The minimum atomic E-state index is -0.239. The molecule has 0 aliphatic carbocycles. The summed E-state index contributed by atoms with van der Waals surface area (Å²) in [5, 5.41) is 3.31. The first-order valence-corrected chi connectivity index (χ1v) is 12.5. The van der Waals surface area contributed by atoms with Gasteiger partial charge in [-0.1, -0.05) is 60.4 Å². The summed E-state index contributed by atoms with van der Waals surface area (Å²) in [7, 11) is 0. The number of carbonyl (C=O) groups is 1. The maximum absolute atomic E-state index is 13.4. The Hall–Kier alpha value is -3.01. The Bertz CT molecular complexity index is 1320. The summed E-state index contributed by atoms with van der Waals surface area (Å²) in [4.78, 5) is 33.2. The molecule has 2 fully saturated rings. The highest BCUT2D eigenvalue weighted by molar-refractivity contribution is 8.26. The van der Waals surface area contributed by atoms with Crippen LogP contribution in [0.5, 0.6) is 0 Å². The zero-order valence-electron chi connectivity index (χ0n) is 18.5. The van der Waals surface area contributed by atoms with E-state index in [4.69, 9.17) is 17.0 Å². The molecular formula is C25H24N4O3S2. The SMILES string of the molecule is O=C1C(=Cc2c(NCCc3ccccc3)nc3ccccn3c2=O)SC(=S)N1CC1CCCO1. The quantitative estimate of drug-likeness (QED) is 0.398. The van der Waals surface area contributed by atoms with E-state index < -0.39 is 0 Å². The number of nitrogens with one attached hydrogen (secondary N) is 1. The van der Waals surface area contributed by atoms with Gasteiger partial charge in [-0.05, 0) is 43.0 Å². The summed E-state index contributed by atoms with van der Waals surface area (Å²) in [6.45, 7) is 1.76. The topological polar surface area (TPSA) is 75.9 Å². The van der Waals surface area contributed by atoms with Gasteiger partial charge >= 0.3 is 0 Å². The number of nitrogens with zero attached hydrogens (tertiary/aromatic N) is 3. The minimum absolute atomic E-state index is 0.00465. The van der Waals surface area contributed by atoms with E-state index in [2.05, 4.69) is 22.4 Å². The van der Waals surface area contributed by atoms with Crippen LogP contribution < -0.4 is 10.9 Å². The van der Waals surface area contributed by atoms with Crippen molar-refractivity contribution in [1.82, 2.24) is 14.3 Å². The number of amides is 1. The molecule has 174 valence electrons. The van der Waals surface area contributed by atoms with Crippen molar-refractivity contribution in [3.8, 4) is 0 Å². The molecule has 1 aromatic carbocycles. The van der Waals surface area contributed by atoms with E-state index in [1.807, 2.05) is 24.3 Å². The van der Waals surface area contributed by atoms with Gasteiger partial charge in [-0.2, -0.15) is 0 Å². The van der Waals surface area contributed by atoms with Gasteiger partial charge in [-0.15, -0.1) is 0 Å². The summed E-state index contributed by atoms with van der Waals surface area (Å²) >= 11 is 6.68. The number of ether oxygens (including phenoxy) is 1. The van der Waals surface area contributed by atoms with E-state index in [0.29, 0.717) is 46.0 Å². The molecule has 9 heteroatoms. The number of anilines is 1. The molecule has 0 radical (unpaired) electrons. The van der Waals surface area contributed by atoms with E-state index in [9.17, 15) is 9.59 Å². The standard InChI is InChI=1S/C25H24N4O3S2/c30-23-19(15-20-24(31)29(25(33)34-20)16-18-9-6-14-32-18)22(27-21-10-4-5-13-28(21)23)26-12-11-17-7-2-1-3-8-17/h1-5,7-8,10,13,15,18,26H,6,9,11-12,14,16H2. The highest BCUT2D eigenvalue weighted by atomic mass is 32.2. The van der Waals surface area contributed by atoms with Gasteiger partial charge in [0.2, 0.25) is 0 Å². The first kappa shape index (κ1) is 22.8. The Morgan fingerprint density at radius 2 is 2.00 bits per heavy atom. The molecule has 7 nitrogen and oxygen atoms in total. The average Bonchev–Trinajstić information content (AvgIpc) is 3.46. The third-order valence-electron chi connectivity index (χ3n) is 5.88. The Labute approximate surface area is 206 Å². The van der Waals surface area contributed by atoms with Crippen LogP contribution in [0.15, 0.2) is 64.4 Å². The second kappa shape index (κ2) is 10.1. The zero-order chi connectivity index (χ0) is 23.5. The number of thiocarbonyl (C=S) groups is 1. The Morgan fingerprint density at radius 3 is 2.79 bits per heavy atom. The Morgan fingerprint density at radius 1 is 1.18 bits per heavy atom. The monoisotopic (exact) mass is 492 g/mol. The molecule has 1 amide bonds. The fraction of sp³-hybridized carbons (Fsp3) is 0.280. The molecule has 1 unspecified atom stereocenters. The number of rotatable bonds is 7. The number of pyridine rings is 1. The normalized spacial score (nSPS) is 19.5. The summed E-state index contributed by atoms with van der Waals surface area (Å²) in [5.74, 6) is 0.259. The van der Waals surface area contributed by atoms with Crippen LogP contribution >= 0.6 is 24.0 Å². The first-order chi connectivity index (χ1) is 16.6. The van der Waals surface area contributed by atoms with Crippen LogP contribution in [0.3, 0.4) is 0 Å². The van der Waals surface area contributed by atoms with Crippen molar-refractivity contribution in [2.75, 3.05) is 25.0 Å². The molecule has 2 saturated heterocycles. The summed E-state index contributed by atoms with van der Waals surface area (Å²) in [6, 6.07) is 15.5. The lowest BCUT2D eigenvalue weighted by Gasteiger charge is -2.18. The molecule has 1 atom stereocenters. The number of fused-ring (bicyclic) bond motifs is 1. The summed E-state index contributed by atoms with van der Waals surface area (Å²) < 4.78 is 7.65. The fourth-order valence-corrected chi connectivity index (χ4v) is 5.37. The molecule has 2 aliphatic rings. The molecule has 3 aromatic rings. The number of hydrogen-bond acceptors (Lipinski definition) is 7. The maximum Gasteiger partial charge on any atom is 0.267 e. The van der Waals surface area contributed by atoms with Crippen LogP contribution in [0.2, 0.25) is 0 Å². The maximum atomic E-state index is 13.4. The van der Waals surface area contributed by atoms with Gasteiger partial charge in [-0.3, -0.25) is 18.9 Å². The molecule has 0 spiro atoms. The van der Waals surface area contributed by atoms with Gasteiger partial charge in [-0.25, -0.2) is 4.98 Å². The Balaban J connectivity index is 1.45. The van der Waals surface area contributed by atoms with E-state index in [-0.39, 0.29) is 17.6 Å². The van der Waals surface area contributed by atoms with Gasteiger partial charge < -0.3 is 10.1 Å². The zero-order valence-corrected chi connectivity index (χ0v) is 20.1. The lowest BCUT2D eigenvalue weighted by atomic mass is 10.1. The van der Waals surface area contributed by atoms with Crippen molar-refractivity contribution in [1.29, 1.82) is 0 Å². The van der Waals surface area contributed by atoms with E-state index >= 15 is 0 Å². The van der Waals surface area contributed by atoms with Crippen LogP contribution in [-0.4, -0.2) is 50.3 Å². The highest BCUT2D eigenvalue weighted by Gasteiger charge is 2.35. The number of carbonyl (C=O) groups excluding carboxylic acids is 1. The molecular weight excluding hydrogens is 468 g/mol. The number of aromatic nitrogens is 2. The van der Waals surface area contributed by atoms with Crippen molar-refractivity contribution in [3.63, 3.8) is 0 Å². The smallest absolute Gasteiger partial charge is 0.267 e. The molecule has 1 N–H and O–H groups in total. The largest absolute Gasteiger partial charge is 0.376 e. The van der Waals surface area contributed by atoms with Crippen LogP contribution in [0.1, 0.15) is 24.0 Å². The van der Waals surface area contributed by atoms with Crippen molar-refractivity contribution >= 4 is 51.7 Å². The van der Waals surface area contributed by atoms with Crippen LogP contribution in [0.25, 0.3) is 11.7 Å². The number of thioether (sulfide) groups is 1. The van der Waals surface area contributed by atoms with E-state index in [1.54, 1.807) is 29.3 Å². The second-order valence-corrected chi connectivity index (χ2v) is 9.87. The lowest BCUT2D eigenvalue weighted by Crippen LogP contribution is -2.35. The van der Waals surface area contributed by atoms with Crippen molar-refractivity contribution in [2.24, 2.45) is 0 Å². The van der Waals surface area contributed by atoms with Gasteiger partial charge in [0.1, 0.15) is 15.8 Å². The average molecular weight is 493 g/mol. The summed E-state index contributed by atoms with van der Waals surface area (Å²) in [6.07, 6.45) is 5.99. The molecule has 4 heterocycles. The van der Waals surface area contributed by atoms with Gasteiger partial charge in [0.05, 0.1) is 23.1 Å². The van der Waals surface area contributed by atoms with Gasteiger partial charge in [0.15, 0.2) is 0 Å². The van der Waals surface area contributed by atoms with Gasteiger partial charge in [0.25, 0.3) is 11.5 Å². The van der Waals surface area contributed by atoms with E-state index in [0.717, 1.165) is 19.3 Å². The third-order valence-corrected chi connectivity index (χ3v) is 7.25. The van der Waals surface area contributed by atoms with Crippen molar-refractivity contribution < 1.29 is 9.53 Å². The van der Waals surface area contributed by atoms with Crippen LogP contribution in [-0.2, 0) is 16.0 Å². The second-order valence-electron chi connectivity index (χ2n) is 8.20. The number of benzene rings is 1. The predicted octanol–water partition coefficient (Wildman–Crippen LogP) is 3.73. The van der Waals surface area contributed by atoms with Crippen LogP contribution in [0.4, 0.5) is 5.82 Å². The molecule has 0 bridgehead atoms. The van der Waals surface area contributed by atoms with Crippen LogP contribution in [0, 0.1) is 0 Å². The molecule has 0 saturated carbocycles. The third kappa shape index (κ3) is 4.77. The highest BCUT2D eigenvalue weighted by Crippen LogP contribution is 2.34. The first-order valence-electron chi connectivity index (χ1n) is 11.3. The molecule has 2 aliphatic heterocycles. The molecule has 2 aromatic heterocycles. The van der Waals surface area contributed by atoms with Gasteiger partial charge in [0, 0.05) is 19.3 Å². The lowest BCUT2D eigenvalue weighted by molar-refractivity contribution is -0.123. The van der Waals surface area contributed by atoms with Crippen molar-refractivity contribution in [2.45, 2.75) is 25.4 Å². The minimum Gasteiger partial charge on any atom is -0.376 e. The fourth-order valence-electron chi connectivity index (χ4n) is 4.12. The summed E-state index contributed by atoms with van der Waals surface area (Å²) in [5.41, 5.74) is 1.83. The predicted molar refractivity (Wildman–Crippen MR) is 139 cm³/mol.